The minimum absolute atomic E-state index is 0.420. The summed E-state index contributed by atoms with van der Waals surface area (Å²) in [4.78, 5) is 0. The maximum atomic E-state index is 5.27. The SMILES string of the molecule is COc1coc(CN)c1. The molecule has 0 saturated carbocycles. The highest BCUT2D eigenvalue weighted by atomic mass is 16.5. The normalized spacial score (nSPS) is 9.56. The van der Waals surface area contributed by atoms with Crippen LogP contribution in [0.3, 0.4) is 0 Å². The Morgan fingerprint density at radius 1 is 1.78 bits per heavy atom. The predicted octanol–water partition coefficient (Wildman–Crippen LogP) is 0.747. The van der Waals surface area contributed by atoms with E-state index in [2.05, 4.69) is 0 Å². The molecule has 3 heteroatoms. The second-order valence-electron chi connectivity index (χ2n) is 1.66. The Morgan fingerprint density at radius 2 is 2.56 bits per heavy atom. The Bertz CT molecular complexity index is 164. The first-order valence-corrected chi connectivity index (χ1v) is 2.68. The number of hydrogen-bond donors (Lipinski definition) is 1. The van der Waals surface area contributed by atoms with Gasteiger partial charge in [-0.05, 0) is 0 Å². The molecule has 0 saturated heterocycles. The second kappa shape index (κ2) is 2.55. The Hall–Kier alpha value is -0.960. The number of nitrogens with two attached hydrogens (primary N) is 1. The quantitative estimate of drug-likeness (QED) is 0.637. The van der Waals surface area contributed by atoms with Crippen LogP contribution in [0, 0.1) is 0 Å². The van der Waals surface area contributed by atoms with Gasteiger partial charge in [-0.2, -0.15) is 0 Å². The fraction of sp³-hybridized carbons (Fsp3) is 0.333. The zero-order valence-electron chi connectivity index (χ0n) is 5.26. The summed E-state index contributed by atoms with van der Waals surface area (Å²) in [6, 6.07) is 1.76. The summed E-state index contributed by atoms with van der Waals surface area (Å²) >= 11 is 0. The highest BCUT2D eigenvalue weighted by molar-refractivity contribution is 5.18. The van der Waals surface area contributed by atoms with Crippen LogP contribution in [-0.2, 0) is 6.54 Å². The molecule has 50 valence electrons. The van der Waals surface area contributed by atoms with Crippen molar-refractivity contribution in [2.45, 2.75) is 6.54 Å². The van der Waals surface area contributed by atoms with Crippen molar-refractivity contribution in [3.63, 3.8) is 0 Å². The van der Waals surface area contributed by atoms with E-state index in [0.29, 0.717) is 6.54 Å². The van der Waals surface area contributed by atoms with E-state index in [0.717, 1.165) is 11.5 Å². The Labute approximate surface area is 53.4 Å². The highest BCUT2D eigenvalue weighted by Gasteiger charge is 1.96. The van der Waals surface area contributed by atoms with Crippen molar-refractivity contribution in [3.05, 3.63) is 18.1 Å². The Kier molecular flexibility index (Phi) is 1.75. The molecule has 1 rings (SSSR count). The van der Waals surface area contributed by atoms with Gasteiger partial charge in [0.2, 0.25) is 0 Å². The molecule has 0 atom stereocenters. The van der Waals surface area contributed by atoms with Crippen molar-refractivity contribution in [3.8, 4) is 5.75 Å². The molecule has 0 aliphatic carbocycles. The van der Waals surface area contributed by atoms with Gasteiger partial charge in [-0.15, -0.1) is 0 Å². The van der Waals surface area contributed by atoms with E-state index in [4.69, 9.17) is 14.9 Å². The van der Waals surface area contributed by atoms with Crippen LogP contribution in [0.2, 0.25) is 0 Å². The first-order valence-electron chi connectivity index (χ1n) is 2.68. The van der Waals surface area contributed by atoms with Gasteiger partial charge in [-0.1, -0.05) is 0 Å². The summed E-state index contributed by atoms with van der Waals surface area (Å²) in [5.41, 5.74) is 5.27. The van der Waals surface area contributed by atoms with Gasteiger partial charge in [0.1, 0.15) is 12.0 Å². The molecule has 1 aromatic heterocycles. The molecule has 0 aromatic carbocycles. The zero-order valence-corrected chi connectivity index (χ0v) is 5.26. The number of methoxy groups -OCH3 is 1. The lowest BCUT2D eigenvalue weighted by Gasteiger charge is -1.86. The molecule has 1 aromatic rings. The Balaban J connectivity index is 2.74. The van der Waals surface area contributed by atoms with E-state index in [1.54, 1.807) is 13.2 Å². The third-order valence-electron chi connectivity index (χ3n) is 1.07. The molecule has 3 nitrogen and oxygen atoms in total. The molecule has 0 aliphatic heterocycles. The summed E-state index contributed by atoms with van der Waals surface area (Å²) < 4.78 is 9.80. The molecule has 0 fully saturated rings. The standard InChI is InChI=1S/C6H9NO2/c1-8-6-2-5(3-7)9-4-6/h2,4H,3,7H2,1H3. The van der Waals surface area contributed by atoms with Crippen molar-refractivity contribution in [2.24, 2.45) is 5.73 Å². The monoisotopic (exact) mass is 127 g/mol. The molecule has 2 N–H and O–H groups in total. The van der Waals surface area contributed by atoms with E-state index >= 15 is 0 Å². The van der Waals surface area contributed by atoms with E-state index < -0.39 is 0 Å². The van der Waals surface area contributed by atoms with Gasteiger partial charge in [-0.3, -0.25) is 0 Å². The fourth-order valence-corrected chi connectivity index (χ4v) is 0.575. The molecule has 0 radical (unpaired) electrons. The van der Waals surface area contributed by atoms with E-state index in [-0.39, 0.29) is 0 Å². The van der Waals surface area contributed by atoms with Crippen LogP contribution >= 0.6 is 0 Å². The number of hydrogen-bond acceptors (Lipinski definition) is 3. The highest BCUT2D eigenvalue weighted by Crippen LogP contribution is 2.13. The summed E-state index contributed by atoms with van der Waals surface area (Å²) in [5, 5.41) is 0. The van der Waals surface area contributed by atoms with E-state index in [1.165, 1.54) is 6.26 Å². The summed E-state index contributed by atoms with van der Waals surface area (Å²) in [6.07, 6.45) is 1.53. The van der Waals surface area contributed by atoms with Crippen LogP contribution in [-0.4, -0.2) is 7.11 Å². The van der Waals surface area contributed by atoms with Crippen LogP contribution in [0.4, 0.5) is 0 Å². The topological polar surface area (TPSA) is 48.4 Å². The summed E-state index contributed by atoms with van der Waals surface area (Å²) in [5.74, 6) is 1.46. The average Bonchev–Trinajstić information content (AvgIpc) is 2.34. The van der Waals surface area contributed by atoms with Gasteiger partial charge in [0.25, 0.3) is 0 Å². The van der Waals surface area contributed by atoms with Gasteiger partial charge in [0, 0.05) is 6.07 Å². The molecule has 0 spiro atoms. The van der Waals surface area contributed by atoms with E-state index in [9.17, 15) is 0 Å². The number of rotatable bonds is 2. The predicted molar refractivity (Wildman–Crippen MR) is 33.2 cm³/mol. The van der Waals surface area contributed by atoms with Gasteiger partial charge in [0.05, 0.1) is 13.7 Å². The van der Waals surface area contributed by atoms with Crippen LogP contribution < -0.4 is 10.5 Å². The Morgan fingerprint density at radius 3 is 2.89 bits per heavy atom. The van der Waals surface area contributed by atoms with Crippen LogP contribution in [0.15, 0.2) is 16.7 Å². The van der Waals surface area contributed by atoms with Crippen LogP contribution in [0.1, 0.15) is 5.76 Å². The second-order valence-corrected chi connectivity index (χ2v) is 1.66. The molecular formula is C6H9NO2. The molecule has 0 amide bonds. The molecule has 0 aliphatic rings. The van der Waals surface area contributed by atoms with E-state index in [1.807, 2.05) is 0 Å². The van der Waals surface area contributed by atoms with Crippen molar-refractivity contribution in [2.75, 3.05) is 7.11 Å². The first kappa shape index (κ1) is 6.16. The van der Waals surface area contributed by atoms with Crippen molar-refractivity contribution in [1.29, 1.82) is 0 Å². The zero-order chi connectivity index (χ0) is 6.69. The van der Waals surface area contributed by atoms with Gasteiger partial charge in [0.15, 0.2) is 5.75 Å². The van der Waals surface area contributed by atoms with Gasteiger partial charge in [-0.25, -0.2) is 0 Å². The molecule has 0 bridgehead atoms. The third kappa shape index (κ3) is 1.23. The maximum Gasteiger partial charge on any atom is 0.157 e. The average molecular weight is 127 g/mol. The van der Waals surface area contributed by atoms with Crippen LogP contribution in [0.5, 0.6) is 5.75 Å². The smallest absolute Gasteiger partial charge is 0.157 e. The van der Waals surface area contributed by atoms with Crippen molar-refractivity contribution >= 4 is 0 Å². The third-order valence-corrected chi connectivity index (χ3v) is 1.07. The summed E-state index contributed by atoms with van der Waals surface area (Å²) in [6.45, 7) is 0.420. The van der Waals surface area contributed by atoms with Crippen LogP contribution in [0.25, 0.3) is 0 Å². The fourth-order valence-electron chi connectivity index (χ4n) is 0.575. The molecule has 9 heavy (non-hydrogen) atoms. The minimum Gasteiger partial charge on any atom is -0.493 e. The van der Waals surface area contributed by atoms with Crippen molar-refractivity contribution < 1.29 is 9.15 Å². The van der Waals surface area contributed by atoms with Gasteiger partial charge < -0.3 is 14.9 Å². The number of furan rings is 1. The van der Waals surface area contributed by atoms with Gasteiger partial charge >= 0.3 is 0 Å². The molecular weight excluding hydrogens is 118 g/mol. The minimum atomic E-state index is 0.420. The lowest BCUT2D eigenvalue weighted by molar-refractivity contribution is 0.404. The molecule has 1 heterocycles. The lowest BCUT2D eigenvalue weighted by atomic mass is 10.4. The summed E-state index contributed by atoms with van der Waals surface area (Å²) in [7, 11) is 1.59. The number of ether oxygens (including phenoxy) is 1. The largest absolute Gasteiger partial charge is 0.493 e. The lowest BCUT2D eigenvalue weighted by Crippen LogP contribution is -1.92. The first-order chi connectivity index (χ1) is 4.36. The molecule has 0 unspecified atom stereocenters. The maximum absolute atomic E-state index is 5.27. The van der Waals surface area contributed by atoms with Crippen molar-refractivity contribution in [1.82, 2.24) is 0 Å².